The molecular formula is C27H31ClO4. The molecule has 4 nitrogen and oxygen atoms in total. The molecule has 32 heavy (non-hydrogen) atoms. The number of allylic oxidation sites excluding steroid dienone is 3. The van der Waals surface area contributed by atoms with Gasteiger partial charge >= 0.3 is 5.97 Å². The van der Waals surface area contributed by atoms with Gasteiger partial charge in [-0.1, -0.05) is 61.9 Å². The van der Waals surface area contributed by atoms with Crippen LogP contribution in [0.3, 0.4) is 0 Å². The van der Waals surface area contributed by atoms with Crippen LogP contribution in [0.5, 0.6) is 0 Å². The topological polar surface area (TPSA) is 66.8 Å². The number of benzene rings is 1. The van der Waals surface area contributed by atoms with Crippen molar-refractivity contribution in [1.82, 2.24) is 0 Å². The first-order valence-electron chi connectivity index (χ1n) is 11.2. The van der Waals surface area contributed by atoms with Crippen molar-refractivity contribution in [2.24, 2.45) is 22.7 Å². The predicted molar refractivity (Wildman–Crippen MR) is 127 cm³/mol. The Morgan fingerprint density at radius 2 is 1.97 bits per heavy atom. The Hall–Kier alpha value is -2.14. The Morgan fingerprint density at radius 3 is 2.66 bits per heavy atom. The molecule has 0 aromatic heterocycles. The molecule has 170 valence electrons. The lowest BCUT2D eigenvalue weighted by Gasteiger charge is -2.59. The molecule has 1 unspecified atom stereocenters. The number of hydrogen-bond acceptors (Lipinski definition) is 4. The number of aliphatic hydroxyl groups excluding tert-OH is 2. The van der Waals surface area contributed by atoms with E-state index in [0.29, 0.717) is 22.8 Å². The van der Waals surface area contributed by atoms with Crippen LogP contribution in [-0.2, 0) is 9.53 Å². The Labute approximate surface area is 194 Å². The van der Waals surface area contributed by atoms with Crippen LogP contribution in [0.25, 0.3) is 6.08 Å². The number of hydrogen-bond donors (Lipinski definition) is 2. The first kappa shape index (κ1) is 23.0. The number of ether oxygens (including phenoxy) is 1. The minimum absolute atomic E-state index is 0.0341. The number of cyclic esters (lactones) is 1. The number of halogens is 1. The van der Waals surface area contributed by atoms with Gasteiger partial charge in [0.15, 0.2) is 0 Å². The minimum Gasteiger partial charge on any atom is -0.423 e. The summed E-state index contributed by atoms with van der Waals surface area (Å²) in [5.41, 5.74) is 1.89. The molecule has 4 rings (SSSR count). The van der Waals surface area contributed by atoms with E-state index in [-0.39, 0.29) is 29.8 Å². The lowest BCUT2D eigenvalue weighted by Crippen LogP contribution is -2.57. The van der Waals surface area contributed by atoms with Gasteiger partial charge in [0, 0.05) is 16.4 Å². The van der Waals surface area contributed by atoms with E-state index in [1.165, 1.54) is 0 Å². The number of carbonyl (C=O) groups is 1. The van der Waals surface area contributed by atoms with Gasteiger partial charge in [0.2, 0.25) is 0 Å². The van der Waals surface area contributed by atoms with Crippen LogP contribution < -0.4 is 0 Å². The highest BCUT2D eigenvalue weighted by molar-refractivity contribution is 6.30. The van der Waals surface area contributed by atoms with Gasteiger partial charge in [0.05, 0.1) is 18.3 Å². The van der Waals surface area contributed by atoms with Crippen LogP contribution in [-0.4, -0.2) is 28.9 Å². The average Bonchev–Trinajstić information content (AvgIpc) is 3.11. The van der Waals surface area contributed by atoms with Crippen LogP contribution in [0.15, 0.2) is 66.0 Å². The Balaban J connectivity index is 1.59. The summed E-state index contributed by atoms with van der Waals surface area (Å²) in [7, 11) is 0. The summed E-state index contributed by atoms with van der Waals surface area (Å²) in [5.74, 6) is 0.368. The monoisotopic (exact) mass is 454 g/mol. The fourth-order valence-electron chi connectivity index (χ4n) is 6.01. The molecule has 0 amide bonds. The molecule has 0 bridgehead atoms. The maximum absolute atomic E-state index is 12.4. The second-order valence-corrected chi connectivity index (χ2v) is 10.3. The Morgan fingerprint density at radius 1 is 1.25 bits per heavy atom. The molecule has 0 radical (unpaired) electrons. The average molecular weight is 455 g/mol. The zero-order valence-electron chi connectivity index (χ0n) is 18.7. The molecule has 5 heteroatoms. The Bertz CT molecular complexity index is 1000. The molecule has 2 aliphatic carbocycles. The van der Waals surface area contributed by atoms with Gasteiger partial charge in [-0.15, -0.1) is 0 Å². The van der Waals surface area contributed by atoms with E-state index in [9.17, 15) is 15.0 Å². The summed E-state index contributed by atoms with van der Waals surface area (Å²) in [4.78, 5) is 12.4. The largest absolute Gasteiger partial charge is 0.423 e. The van der Waals surface area contributed by atoms with Gasteiger partial charge in [-0.2, -0.15) is 0 Å². The van der Waals surface area contributed by atoms with Gasteiger partial charge in [0.25, 0.3) is 0 Å². The zero-order chi connectivity index (χ0) is 23.1. The van der Waals surface area contributed by atoms with Crippen molar-refractivity contribution in [3.05, 3.63) is 76.6 Å². The first-order chi connectivity index (χ1) is 15.2. The van der Waals surface area contributed by atoms with Crippen molar-refractivity contribution in [2.45, 2.75) is 45.6 Å². The lowest BCUT2D eigenvalue weighted by molar-refractivity contribution is -0.145. The summed E-state index contributed by atoms with van der Waals surface area (Å²) in [6.07, 6.45) is 10.2. The normalized spacial score (nSPS) is 36.3. The van der Waals surface area contributed by atoms with Crippen molar-refractivity contribution in [3.8, 4) is 0 Å². The first-order valence-corrected chi connectivity index (χ1v) is 11.6. The molecule has 1 aliphatic heterocycles. The molecule has 1 heterocycles. The molecule has 2 saturated carbocycles. The molecule has 1 aromatic carbocycles. The summed E-state index contributed by atoms with van der Waals surface area (Å²) < 4.78 is 5.43. The van der Waals surface area contributed by atoms with E-state index < -0.39 is 11.5 Å². The van der Waals surface area contributed by atoms with Crippen molar-refractivity contribution >= 4 is 23.6 Å². The molecule has 1 aromatic rings. The van der Waals surface area contributed by atoms with Gasteiger partial charge in [0.1, 0.15) is 5.76 Å². The van der Waals surface area contributed by atoms with E-state index >= 15 is 0 Å². The third kappa shape index (κ3) is 4.00. The summed E-state index contributed by atoms with van der Waals surface area (Å²) in [5, 5.41) is 21.5. The van der Waals surface area contributed by atoms with E-state index in [2.05, 4.69) is 19.6 Å². The third-order valence-corrected chi connectivity index (χ3v) is 8.20. The van der Waals surface area contributed by atoms with Crippen LogP contribution >= 0.6 is 11.6 Å². The molecule has 3 aliphatic rings. The van der Waals surface area contributed by atoms with E-state index in [1.807, 2.05) is 25.1 Å². The Kier molecular flexibility index (Phi) is 6.23. The van der Waals surface area contributed by atoms with Gasteiger partial charge in [-0.05, 0) is 66.9 Å². The molecule has 0 spiro atoms. The van der Waals surface area contributed by atoms with Gasteiger partial charge < -0.3 is 14.9 Å². The van der Waals surface area contributed by atoms with Gasteiger partial charge in [-0.3, -0.25) is 0 Å². The SMILES string of the molecule is C=C1CCC2[C@](C)(CO)[C@H](O)CC[C@@]2(C)[C@@H]1/C=C/C1=CC(=C\c2ccc(Cl)cc2)/OC1=O. The molecule has 0 saturated heterocycles. The maximum atomic E-state index is 12.4. The fourth-order valence-corrected chi connectivity index (χ4v) is 6.14. The summed E-state index contributed by atoms with van der Waals surface area (Å²) in [6, 6.07) is 7.33. The minimum atomic E-state index is -0.528. The third-order valence-electron chi connectivity index (χ3n) is 7.95. The summed E-state index contributed by atoms with van der Waals surface area (Å²) in [6.45, 7) is 8.54. The number of fused-ring (bicyclic) bond motifs is 1. The number of rotatable bonds is 4. The highest BCUT2D eigenvalue weighted by atomic mass is 35.5. The smallest absolute Gasteiger partial charge is 0.343 e. The van der Waals surface area contributed by atoms with Crippen molar-refractivity contribution in [3.63, 3.8) is 0 Å². The quantitative estimate of drug-likeness (QED) is 0.468. The van der Waals surface area contributed by atoms with Crippen molar-refractivity contribution in [2.75, 3.05) is 6.61 Å². The highest BCUT2D eigenvalue weighted by Gasteiger charge is 2.57. The number of aliphatic hydroxyl groups is 2. The maximum Gasteiger partial charge on any atom is 0.343 e. The second kappa shape index (κ2) is 8.66. The van der Waals surface area contributed by atoms with Crippen LogP contribution in [0, 0.1) is 22.7 Å². The predicted octanol–water partition coefficient (Wildman–Crippen LogP) is 5.46. The van der Waals surface area contributed by atoms with Crippen LogP contribution in [0.1, 0.15) is 45.1 Å². The van der Waals surface area contributed by atoms with Crippen LogP contribution in [0.4, 0.5) is 0 Å². The number of esters is 1. The molecule has 2 fully saturated rings. The van der Waals surface area contributed by atoms with E-state index in [4.69, 9.17) is 16.3 Å². The summed E-state index contributed by atoms with van der Waals surface area (Å²) >= 11 is 5.93. The van der Waals surface area contributed by atoms with Gasteiger partial charge in [-0.25, -0.2) is 4.79 Å². The lowest BCUT2D eigenvalue weighted by atomic mass is 9.46. The van der Waals surface area contributed by atoms with E-state index in [0.717, 1.165) is 30.4 Å². The van der Waals surface area contributed by atoms with E-state index in [1.54, 1.807) is 24.3 Å². The van der Waals surface area contributed by atoms with Crippen LogP contribution in [0.2, 0.25) is 5.02 Å². The van der Waals surface area contributed by atoms with Crippen molar-refractivity contribution < 1.29 is 19.7 Å². The second-order valence-electron chi connectivity index (χ2n) is 9.90. The molecular weight excluding hydrogens is 424 g/mol. The highest BCUT2D eigenvalue weighted by Crippen LogP contribution is 2.61. The zero-order valence-corrected chi connectivity index (χ0v) is 19.4. The molecule has 5 atom stereocenters. The fraction of sp³-hybridized carbons (Fsp3) is 0.444. The number of carbonyl (C=O) groups excluding carboxylic acids is 1. The molecule has 2 N–H and O–H groups in total. The standard InChI is InChI=1S/C27H31ClO4/c1-17-4-11-23-26(2,13-12-24(30)27(23,3)16-29)22(17)10-7-19-15-21(32-25(19)31)14-18-5-8-20(28)9-6-18/h5-10,14-15,22-24,29-30H,1,4,11-13,16H2,2-3H3/b10-7+,21-14+/t22-,23?,24-,26+,27+/m1/s1. The van der Waals surface area contributed by atoms with Crippen molar-refractivity contribution in [1.29, 1.82) is 0 Å².